The molecule has 2 aromatic carbocycles. The minimum Gasteiger partial charge on any atom is -0.336 e. The summed E-state index contributed by atoms with van der Waals surface area (Å²) < 4.78 is 27.0. The largest absolute Gasteiger partial charge is 0.336 e. The first kappa shape index (κ1) is 22.7. The number of benzene rings is 2. The molecule has 170 valence electrons. The normalized spacial score (nSPS) is 18.5. The maximum Gasteiger partial charge on any atom is 0.254 e. The third-order valence-corrected chi connectivity index (χ3v) is 6.55. The highest BCUT2D eigenvalue weighted by Crippen LogP contribution is 2.32. The first-order valence-electron chi connectivity index (χ1n) is 11.0. The number of hydrogen-bond donors (Lipinski definition) is 1. The van der Waals surface area contributed by atoms with Crippen LogP contribution in [0.5, 0.6) is 0 Å². The SMILES string of the molecule is O=C(Nc1cccc(Cl)c1)[C@@H](C1CCCC1)N1CCN(C(=O)c2cc(F)cc(F)c2)CC1. The minimum absolute atomic E-state index is 0.00184. The van der Waals surface area contributed by atoms with E-state index in [1.54, 1.807) is 23.1 Å². The van der Waals surface area contributed by atoms with Crippen LogP contribution in [0.15, 0.2) is 42.5 Å². The Kier molecular flexibility index (Phi) is 7.06. The molecule has 1 atom stereocenters. The summed E-state index contributed by atoms with van der Waals surface area (Å²) in [6.45, 7) is 1.83. The van der Waals surface area contributed by atoms with Gasteiger partial charge in [-0.25, -0.2) is 8.78 Å². The van der Waals surface area contributed by atoms with Gasteiger partial charge < -0.3 is 10.2 Å². The smallest absolute Gasteiger partial charge is 0.254 e. The van der Waals surface area contributed by atoms with Crippen molar-refractivity contribution in [3.05, 3.63) is 64.7 Å². The van der Waals surface area contributed by atoms with Crippen LogP contribution in [-0.2, 0) is 4.79 Å². The first-order valence-corrected chi connectivity index (χ1v) is 11.3. The van der Waals surface area contributed by atoms with Crippen LogP contribution in [0, 0.1) is 17.6 Å². The molecule has 0 aromatic heterocycles. The average molecular weight is 462 g/mol. The van der Waals surface area contributed by atoms with Gasteiger partial charge in [0.15, 0.2) is 0 Å². The number of piperazine rings is 1. The summed E-state index contributed by atoms with van der Waals surface area (Å²) >= 11 is 6.05. The zero-order valence-corrected chi connectivity index (χ0v) is 18.5. The monoisotopic (exact) mass is 461 g/mol. The van der Waals surface area contributed by atoms with Gasteiger partial charge in [-0.3, -0.25) is 14.5 Å². The summed E-state index contributed by atoms with van der Waals surface area (Å²) in [5.41, 5.74) is 0.662. The van der Waals surface area contributed by atoms with E-state index in [4.69, 9.17) is 11.6 Å². The second kappa shape index (κ2) is 9.96. The quantitative estimate of drug-likeness (QED) is 0.709. The number of carbonyl (C=O) groups is 2. The molecule has 32 heavy (non-hydrogen) atoms. The molecule has 0 unspecified atom stereocenters. The Morgan fingerprint density at radius 1 is 0.969 bits per heavy atom. The summed E-state index contributed by atoms with van der Waals surface area (Å²) in [7, 11) is 0. The first-order chi connectivity index (χ1) is 15.4. The Morgan fingerprint density at radius 2 is 1.62 bits per heavy atom. The fraction of sp³-hybridized carbons (Fsp3) is 0.417. The highest BCUT2D eigenvalue weighted by Gasteiger charge is 2.37. The fourth-order valence-electron chi connectivity index (χ4n) is 4.80. The highest BCUT2D eigenvalue weighted by molar-refractivity contribution is 6.30. The molecular formula is C24H26ClF2N3O2. The molecule has 0 spiro atoms. The third-order valence-electron chi connectivity index (χ3n) is 6.31. The Hall–Kier alpha value is -2.51. The Labute approximate surface area is 191 Å². The molecule has 0 bridgehead atoms. The lowest BCUT2D eigenvalue weighted by molar-refractivity contribution is -0.123. The lowest BCUT2D eigenvalue weighted by atomic mass is 9.94. The number of carbonyl (C=O) groups excluding carboxylic acids is 2. The van der Waals surface area contributed by atoms with Crippen molar-refractivity contribution in [3.8, 4) is 0 Å². The second-order valence-corrected chi connectivity index (χ2v) is 8.91. The summed E-state index contributed by atoms with van der Waals surface area (Å²) in [4.78, 5) is 29.7. The van der Waals surface area contributed by atoms with Crippen molar-refractivity contribution in [2.24, 2.45) is 5.92 Å². The molecule has 4 rings (SSSR count). The van der Waals surface area contributed by atoms with Gasteiger partial charge in [-0.15, -0.1) is 0 Å². The summed E-state index contributed by atoms with van der Waals surface area (Å²) in [6.07, 6.45) is 4.20. The van der Waals surface area contributed by atoms with Crippen LogP contribution in [0.25, 0.3) is 0 Å². The van der Waals surface area contributed by atoms with Gasteiger partial charge in [0.25, 0.3) is 5.91 Å². The van der Waals surface area contributed by atoms with E-state index in [1.165, 1.54) is 0 Å². The second-order valence-electron chi connectivity index (χ2n) is 8.48. The van der Waals surface area contributed by atoms with E-state index in [2.05, 4.69) is 10.2 Å². The van der Waals surface area contributed by atoms with Gasteiger partial charge >= 0.3 is 0 Å². The van der Waals surface area contributed by atoms with Crippen molar-refractivity contribution in [3.63, 3.8) is 0 Å². The number of anilines is 1. The van der Waals surface area contributed by atoms with Crippen LogP contribution in [0.4, 0.5) is 14.5 Å². The molecule has 5 nitrogen and oxygen atoms in total. The van der Waals surface area contributed by atoms with E-state index < -0.39 is 17.5 Å². The van der Waals surface area contributed by atoms with Crippen molar-refractivity contribution in [1.29, 1.82) is 0 Å². The van der Waals surface area contributed by atoms with Gasteiger partial charge in [0, 0.05) is 48.5 Å². The highest BCUT2D eigenvalue weighted by atomic mass is 35.5. The lowest BCUT2D eigenvalue weighted by Gasteiger charge is -2.40. The van der Waals surface area contributed by atoms with Gasteiger partial charge in [0.1, 0.15) is 11.6 Å². The number of amides is 2. The van der Waals surface area contributed by atoms with Crippen LogP contribution >= 0.6 is 11.6 Å². The van der Waals surface area contributed by atoms with Gasteiger partial charge in [0.05, 0.1) is 6.04 Å². The van der Waals surface area contributed by atoms with Crippen molar-refractivity contribution in [1.82, 2.24) is 9.80 Å². The van der Waals surface area contributed by atoms with Crippen LogP contribution in [-0.4, -0.2) is 53.8 Å². The van der Waals surface area contributed by atoms with Crippen LogP contribution in [0.3, 0.4) is 0 Å². The van der Waals surface area contributed by atoms with Crippen LogP contribution in [0.2, 0.25) is 5.02 Å². The molecule has 2 aliphatic rings. The van der Waals surface area contributed by atoms with Crippen molar-refractivity contribution in [2.45, 2.75) is 31.7 Å². The lowest BCUT2D eigenvalue weighted by Crippen LogP contribution is -2.56. The molecule has 1 saturated carbocycles. The minimum atomic E-state index is -0.772. The van der Waals surface area contributed by atoms with E-state index in [-0.39, 0.29) is 23.4 Å². The number of nitrogens with one attached hydrogen (secondary N) is 1. The molecule has 1 aliphatic carbocycles. The summed E-state index contributed by atoms with van der Waals surface area (Å²) in [6, 6.07) is 9.65. The molecule has 2 fully saturated rings. The van der Waals surface area contributed by atoms with Crippen molar-refractivity contribution in [2.75, 3.05) is 31.5 Å². The fourth-order valence-corrected chi connectivity index (χ4v) is 4.99. The summed E-state index contributed by atoms with van der Waals surface area (Å²) in [5.74, 6) is -1.75. The summed E-state index contributed by atoms with van der Waals surface area (Å²) in [5, 5.41) is 3.56. The van der Waals surface area contributed by atoms with E-state index >= 15 is 0 Å². The molecule has 2 aromatic rings. The Morgan fingerprint density at radius 3 is 2.25 bits per heavy atom. The van der Waals surface area contributed by atoms with Crippen LogP contribution in [0.1, 0.15) is 36.0 Å². The number of hydrogen-bond acceptors (Lipinski definition) is 3. The van der Waals surface area contributed by atoms with Gasteiger partial charge in [-0.1, -0.05) is 30.5 Å². The maximum atomic E-state index is 13.5. The molecule has 1 N–H and O–H groups in total. The molecule has 8 heteroatoms. The van der Waals surface area contributed by atoms with Crippen LogP contribution < -0.4 is 5.32 Å². The van der Waals surface area contributed by atoms with Crippen molar-refractivity contribution >= 4 is 29.1 Å². The van der Waals surface area contributed by atoms with Gasteiger partial charge in [-0.2, -0.15) is 0 Å². The maximum absolute atomic E-state index is 13.5. The standard InChI is InChI=1S/C24H26ClF2N3O2/c25-18-6-3-7-21(14-18)28-23(31)22(16-4-1-2-5-16)29-8-10-30(11-9-29)24(32)17-12-19(26)15-20(27)13-17/h3,6-7,12-16,22H,1-2,4-5,8-11H2,(H,28,31)/t22-/m1/s1. The van der Waals surface area contributed by atoms with E-state index in [0.29, 0.717) is 36.9 Å². The molecule has 1 saturated heterocycles. The Bertz CT molecular complexity index is 969. The Balaban J connectivity index is 1.44. The molecule has 1 aliphatic heterocycles. The number of halogens is 3. The van der Waals surface area contributed by atoms with E-state index in [9.17, 15) is 18.4 Å². The molecule has 1 heterocycles. The molecule has 0 radical (unpaired) electrons. The topological polar surface area (TPSA) is 52.7 Å². The van der Waals surface area contributed by atoms with E-state index in [0.717, 1.165) is 43.9 Å². The molecule has 2 amide bonds. The number of rotatable bonds is 5. The predicted molar refractivity (Wildman–Crippen MR) is 120 cm³/mol. The zero-order chi connectivity index (χ0) is 22.7. The van der Waals surface area contributed by atoms with E-state index in [1.807, 2.05) is 6.07 Å². The van der Waals surface area contributed by atoms with Gasteiger partial charge in [-0.05, 0) is 49.1 Å². The average Bonchev–Trinajstić information content (AvgIpc) is 3.27. The molecular weight excluding hydrogens is 436 g/mol. The number of nitrogens with zero attached hydrogens (tertiary/aromatic N) is 2. The van der Waals surface area contributed by atoms with Gasteiger partial charge in [0.2, 0.25) is 5.91 Å². The zero-order valence-electron chi connectivity index (χ0n) is 17.7. The predicted octanol–water partition coefficient (Wildman–Crippen LogP) is 4.57. The van der Waals surface area contributed by atoms with Crippen molar-refractivity contribution < 1.29 is 18.4 Å². The third kappa shape index (κ3) is 5.27.